The molecular weight excluding hydrogens is 258 g/mol. The smallest absolute Gasteiger partial charge is 0.304 e. The molecule has 1 amide bonds. The minimum Gasteiger partial charge on any atom is -0.481 e. The Kier molecular flexibility index (Phi) is 5.93. The average molecular weight is 277 g/mol. The summed E-state index contributed by atoms with van der Waals surface area (Å²) in [4.78, 5) is 22.3. The fourth-order valence-corrected chi connectivity index (χ4v) is 1.63. The van der Waals surface area contributed by atoms with Gasteiger partial charge in [0.1, 0.15) is 0 Å². The van der Waals surface area contributed by atoms with Crippen molar-refractivity contribution >= 4 is 18.0 Å². The van der Waals surface area contributed by atoms with Crippen LogP contribution in [0.3, 0.4) is 0 Å². The van der Waals surface area contributed by atoms with Gasteiger partial charge in [-0.2, -0.15) is 0 Å². The molecule has 0 aliphatic rings. The van der Waals surface area contributed by atoms with E-state index in [1.54, 1.807) is 13.0 Å². The molecule has 1 rings (SSSR count). The number of aliphatic hydroxyl groups excluding tert-OH is 1. The van der Waals surface area contributed by atoms with Gasteiger partial charge in [0.2, 0.25) is 5.91 Å². The first-order valence-electron chi connectivity index (χ1n) is 6.29. The minimum atomic E-state index is -1.00. The maximum atomic E-state index is 11.6. The summed E-state index contributed by atoms with van der Waals surface area (Å²) in [5, 5.41) is 20.6. The fourth-order valence-electron chi connectivity index (χ4n) is 1.63. The van der Waals surface area contributed by atoms with Crippen molar-refractivity contribution in [1.29, 1.82) is 0 Å². The zero-order chi connectivity index (χ0) is 15.0. The molecule has 5 heteroatoms. The lowest BCUT2D eigenvalue weighted by atomic mass is 9.88. The monoisotopic (exact) mass is 277 g/mol. The van der Waals surface area contributed by atoms with Crippen LogP contribution in [0.25, 0.3) is 6.08 Å². The summed E-state index contributed by atoms with van der Waals surface area (Å²) in [6.07, 6.45) is 2.85. The number of aliphatic carboxylic acids is 1. The highest BCUT2D eigenvalue weighted by Crippen LogP contribution is 2.19. The Labute approximate surface area is 117 Å². The number of carbonyl (C=O) groups excluding carboxylic acids is 1. The van der Waals surface area contributed by atoms with E-state index in [4.69, 9.17) is 5.11 Å². The van der Waals surface area contributed by atoms with Crippen LogP contribution in [0.15, 0.2) is 36.4 Å². The van der Waals surface area contributed by atoms with Crippen LogP contribution in [0.2, 0.25) is 0 Å². The van der Waals surface area contributed by atoms with Gasteiger partial charge < -0.3 is 15.5 Å². The van der Waals surface area contributed by atoms with Crippen LogP contribution in [-0.2, 0) is 9.59 Å². The SMILES string of the molecule is CC(CO)(CNC(=O)/C=C/c1ccccc1)CC(=O)O. The van der Waals surface area contributed by atoms with E-state index in [1.807, 2.05) is 30.3 Å². The molecule has 0 spiro atoms. The molecular formula is C15H19NO4. The van der Waals surface area contributed by atoms with Crippen LogP contribution in [0.5, 0.6) is 0 Å². The van der Waals surface area contributed by atoms with Gasteiger partial charge in [-0.1, -0.05) is 37.3 Å². The van der Waals surface area contributed by atoms with Crippen molar-refractivity contribution < 1.29 is 19.8 Å². The third-order valence-corrected chi connectivity index (χ3v) is 2.88. The van der Waals surface area contributed by atoms with E-state index in [-0.39, 0.29) is 25.5 Å². The molecule has 0 fully saturated rings. The van der Waals surface area contributed by atoms with Crippen LogP contribution >= 0.6 is 0 Å². The highest BCUT2D eigenvalue weighted by molar-refractivity contribution is 5.91. The number of amides is 1. The maximum Gasteiger partial charge on any atom is 0.304 e. The Morgan fingerprint density at radius 2 is 1.95 bits per heavy atom. The van der Waals surface area contributed by atoms with Crippen LogP contribution in [0.1, 0.15) is 18.9 Å². The quantitative estimate of drug-likeness (QED) is 0.655. The van der Waals surface area contributed by atoms with Gasteiger partial charge in [0.05, 0.1) is 13.0 Å². The van der Waals surface area contributed by atoms with Gasteiger partial charge in [0.25, 0.3) is 0 Å². The number of hydrogen-bond donors (Lipinski definition) is 3. The molecule has 0 heterocycles. The Bertz CT molecular complexity index is 484. The molecule has 1 unspecified atom stereocenters. The Balaban J connectivity index is 2.50. The number of aliphatic hydroxyl groups is 1. The van der Waals surface area contributed by atoms with Gasteiger partial charge in [-0.25, -0.2) is 0 Å². The number of hydrogen-bond acceptors (Lipinski definition) is 3. The van der Waals surface area contributed by atoms with Gasteiger partial charge in [-0.15, -0.1) is 0 Å². The first-order chi connectivity index (χ1) is 9.45. The molecule has 0 aliphatic heterocycles. The fraction of sp³-hybridized carbons (Fsp3) is 0.333. The van der Waals surface area contributed by atoms with Crippen molar-refractivity contribution in [3.63, 3.8) is 0 Å². The van der Waals surface area contributed by atoms with E-state index in [0.717, 1.165) is 5.56 Å². The predicted octanol–water partition coefficient (Wildman–Crippen LogP) is 1.29. The highest BCUT2D eigenvalue weighted by Gasteiger charge is 2.27. The van der Waals surface area contributed by atoms with Gasteiger partial charge in [0, 0.05) is 18.0 Å². The summed E-state index contributed by atoms with van der Waals surface area (Å²) in [7, 11) is 0. The van der Waals surface area contributed by atoms with E-state index < -0.39 is 11.4 Å². The largest absolute Gasteiger partial charge is 0.481 e. The second-order valence-corrected chi connectivity index (χ2v) is 5.00. The summed E-state index contributed by atoms with van der Waals surface area (Å²) < 4.78 is 0. The number of carboxylic acids is 1. The van der Waals surface area contributed by atoms with Crippen LogP contribution in [0, 0.1) is 5.41 Å². The Morgan fingerprint density at radius 3 is 2.50 bits per heavy atom. The molecule has 0 radical (unpaired) electrons. The van der Waals surface area contributed by atoms with Crippen molar-refractivity contribution in [3.05, 3.63) is 42.0 Å². The van der Waals surface area contributed by atoms with E-state index >= 15 is 0 Å². The lowest BCUT2D eigenvalue weighted by Crippen LogP contribution is -2.38. The molecule has 0 aromatic heterocycles. The Hall–Kier alpha value is -2.14. The molecule has 3 N–H and O–H groups in total. The van der Waals surface area contributed by atoms with Crippen molar-refractivity contribution in [3.8, 4) is 0 Å². The van der Waals surface area contributed by atoms with Crippen molar-refractivity contribution in [2.24, 2.45) is 5.41 Å². The molecule has 0 saturated carbocycles. The molecule has 108 valence electrons. The van der Waals surface area contributed by atoms with Crippen molar-refractivity contribution in [1.82, 2.24) is 5.32 Å². The number of nitrogens with one attached hydrogen (secondary N) is 1. The van der Waals surface area contributed by atoms with Gasteiger partial charge in [-0.05, 0) is 11.6 Å². The number of rotatable bonds is 7. The average Bonchev–Trinajstić information content (AvgIpc) is 2.43. The van der Waals surface area contributed by atoms with E-state index in [1.165, 1.54) is 6.08 Å². The molecule has 5 nitrogen and oxygen atoms in total. The number of carboxylic acid groups (broad SMARTS) is 1. The van der Waals surface area contributed by atoms with Crippen LogP contribution in [-0.4, -0.2) is 35.2 Å². The summed E-state index contributed by atoms with van der Waals surface area (Å²) in [6, 6.07) is 9.36. The maximum absolute atomic E-state index is 11.6. The summed E-state index contributed by atoms with van der Waals surface area (Å²) in [6.45, 7) is 1.41. The predicted molar refractivity (Wildman–Crippen MR) is 75.9 cm³/mol. The second-order valence-electron chi connectivity index (χ2n) is 5.00. The second kappa shape index (κ2) is 7.45. The van der Waals surface area contributed by atoms with E-state index in [0.29, 0.717) is 0 Å². The van der Waals surface area contributed by atoms with Gasteiger partial charge >= 0.3 is 5.97 Å². The van der Waals surface area contributed by atoms with Crippen LogP contribution < -0.4 is 5.32 Å². The van der Waals surface area contributed by atoms with Gasteiger partial charge in [-0.3, -0.25) is 9.59 Å². The summed E-state index contributed by atoms with van der Waals surface area (Å²) >= 11 is 0. The third-order valence-electron chi connectivity index (χ3n) is 2.88. The standard InChI is InChI=1S/C15H19NO4/c1-15(11-17,9-14(19)20)10-16-13(18)8-7-12-5-3-2-4-6-12/h2-8,17H,9-11H2,1H3,(H,16,18)(H,19,20)/b8-7+. The molecule has 1 aromatic rings. The normalized spacial score (nSPS) is 13.9. The Morgan fingerprint density at radius 1 is 1.30 bits per heavy atom. The highest BCUT2D eigenvalue weighted by atomic mass is 16.4. The van der Waals surface area contributed by atoms with Crippen molar-refractivity contribution in [2.75, 3.05) is 13.2 Å². The molecule has 20 heavy (non-hydrogen) atoms. The van der Waals surface area contributed by atoms with Crippen molar-refractivity contribution in [2.45, 2.75) is 13.3 Å². The molecule has 0 saturated heterocycles. The van der Waals surface area contributed by atoms with E-state index in [2.05, 4.69) is 5.32 Å². The zero-order valence-electron chi connectivity index (χ0n) is 11.4. The van der Waals surface area contributed by atoms with Crippen LogP contribution in [0.4, 0.5) is 0 Å². The molecule has 0 aliphatic carbocycles. The zero-order valence-corrected chi connectivity index (χ0v) is 11.4. The molecule has 0 bridgehead atoms. The first-order valence-corrected chi connectivity index (χ1v) is 6.29. The first kappa shape index (κ1) is 15.9. The van der Waals surface area contributed by atoms with Gasteiger partial charge in [0.15, 0.2) is 0 Å². The summed E-state index contributed by atoms with van der Waals surface area (Å²) in [5.41, 5.74) is 0.0420. The lowest BCUT2D eigenvalue weighted by Gasteiger charge is -2.25. The topological polar surface area (TPSA) is 86.6 Å². The minimum absolute atomic E-state index is 0.105. The van der Waals surface area contributed by atoms with E-state index in [9.17, 15) is 14.7 Å². The molecule has 1 aromatic carbocycles. The molecule has 1 atom stereocenters. The lowest BCUT2D eigenvalue weighted by molar-refractivity contribution is -0.140. The number of carbonyl (C=O) groups is 2. The summed E-state index contributed by atoms with van der Waals surface area (Å²) in [5.74, 6) is -1.32. The third kappa shape index (κ3) is 5.67. The number of benzene rings is 1.